The van der Waals surface area contributed by atoms with Gasteiger partial charge in [-0.15, -0.1) is 0 Å². The van der Waals surface area contributed by atoms with Crippen LogP contribution >= 0.6 is 15.9 Å². The lowest BCUT2D eigenvalue weighted by molar-refractivity contribution is 0.0680. The van der Waals surface area contributed by atoms with Crippen LogP contribution in [0, 0.1) is 5.92 Å². The number of nitrogens with zero attached hydrogens (tertiary/aromatic N) is 4. The number of hydrogen-bond acceptors (Lipinski definition) is 6. The fourth-order valence-electron chi connectivity index (χ4n) is 2.97. The lowest BCUT2D eigenvalue weighted by atomic mass is 10.00. The van der Waals surface area contributed by atoms with Crippen molar-refractivity contribution in [3.05, 3.63) is 16.7 Å². The second-order valence-electron chi connectivity index (χ2n) is 7.34. The zero-order valence-electron chi connectivity index (χ0n) is 15.4. The summed E-state index contributed by atoms with van der Waals surface area (Å²) >= 11 is 3.41. The average molecular weight is 442 g/mol. The molecule has 1 fully saturated rings. The van der Waals surface area contributed by atoms with E-state index in [9.17, 15) is 15.0 Å². The first-order valence-electron chi connectivity index (χ1n) is 8.83. The third-order valence-corrected chi connectivity index (χ3v) is 4.96. The Morgan fingerprint density at radius 3 is 2.81 bits per heavy atom. The maximum atomic E-state index is 12.0. The van der Waals surface area contributed by atoms with Crippen molar-refractivity contribution in [1.29, 1.82) is 0 Å². The summed E-state index contributed by atoms with van der Waals surface area (Å²) in [6.07, 6.45) is 2.18. The van der Waals surface area contributed by atoms with E-state index in [4.69, 9.17) is 4.74 Å². The Morgan fingerprint density at radius 2 is 2.19 bits per heavy atom. The van der Waals surface area contributed by atoms with Gasteiger partial charge in [0.05, 0.1) is 16.3 Å². The molecular weight excluding hydrogens is 418 g/mol. The van der Waals surface area contributed by atoms with Gasteiger partial charge < -0.3 is 20.3 Å². The largest absolute Gasteiger partial charge is 0.465 e. The van der Waals surface area contributed by atoms with Crippen LogP contribution in [0.15, 0.2) is 16.7 Å². The minimum absolute atomic E-state index is 0.227. The molecule has 0 aliphatic carbocycles. The third-order valence-electron chi connectivity index (χ3n) is 4.40. The molecule has 0 aromatic carbocycles. The first-order valence-corrected chi connectivity index (χ1v) is 9.62. The van der Waals surface area contributed by atoms with Crippen LogP contribution in [0.5, 0.6) is 0 Å². The highest BCUT2D eigenvalue weighted by atomic mass is 79.9. The fourth-order valence-corrected chi connectivity index (χ4v) is 3.31. The van der Waals surface area contributed by atoms with E-state index in [2.05, 4.69) is 31.3 Å². The molecule has 3 N–H and O–H groups in total. The van der Waals surface area contributed by atoms with Crippen LogP contribution < -0.4 is 10.2 Å². The first-order chi connectivity index (χ1) is 12.7. The highest BCUT2D eigenvalue weighted by Gasteiger charge is 2.26. The number of hydrogen-bond donors (Lipinski definition) is 3. The number of anilines is 2. The summed E-state index contributed by atoms with van der Waals surface area (Å²) in [5.41, 5.74) is -0.427. The number of aromatic nitrogens is 3. The van der Waals surface area contributed by atoms with Gasteiger partial charge in [-0.3, -0.25) is 4.90 Å². The van der Waals surface area contributed by atoms with Crippen molar-refractivity contribution in [1.82, 2.24) is 14.6 Å². The SMILES string of the molecule is CC(C)(O)CNc1cc(N(CC2CCOCC2)C(=O)O)n2ncc(Br)c2n1. The molecule has 1 aliphatic rings. The zero-order chi connectivity index (χ0) is 19.6. The monoisotopic (exact) mass is 441 g/mol. The summed E-state index contributed by atoms with van der Waals surface area (Å²) in [7, 11) is 0. The molecule has 0 radical (unpaired) electrons. The van der Waals surface area contributed by atoms with Gasteiger partial charge in [0.1, 0.15) is 11.6 Å². The lowest BCUT2D eigenvalue weighted by Crippen LogP contribution is -2.37. The second-order valence-corrected chi connectivity index (χ2v) is 8.20. The van der Waals surface area contributed by atoms with Crippen LogP contribution in [0.2, 0.25) is 0 Å². The van der Waals surface area contributed by atoms with Crippen LogP contribution in [0.4, 0.5) is 16.4 Å². The molecule has 3 heterocycles. The average Bonchev–Trinajstić information content (AvgIpc) is 2.99. The first kappa shape index (κ1) is 19.8. The second kappa shape index (κ2) is 7.99. The number of amides is 1. The molecule has 3 rings (SSSR count). The van der Waals surface area contributed by atoms with Crippen LogP contribution in [0.3, 0.4) is 0 Å². The fraction of sp³-hybridized carbons (Fsp3) is 0.588. The molecule has 0 spiro atoms. The van der Waals surface area contributed by atoms with E-state index < -0.39 is 11.7 Å². The summed E-state index contributed by atoms with van der Waals surface area (Å²) in [6, 6.07) is 1.64. The molecular formula is C17H24BrN5O4. The minimum atomic E-state index is -1.05. The normalized spacial score (nSPS) is 15.9. The number of aliphatic hydroxyl groups is 1. The summed E-state index contributed by atoms with van der Waals surface area (Å²) in [5, 5.41) is 27.1. The molecule has 9 nitrogen and oxygen atoms in total. The van der Waals surface area contributed by atoms with Gasteiger partial charge in [-0.2, -0.15) is 9.61 Å². The van der Waals surface area contributed by atoms with Crippen LogP contribution in [-0.2, 0) is 4.74 Å². The molecule has 1 aliphatic heterocycles. The van der Waals surface area contributed by atoms with Crippen molar-refractivity contribution >= 4 is 39.3 Å². The highest BCUT2D eigenvalue weighted by molar-refractivity contribution is 9.10. The Balaban J connectivity index is 1.97. The molecule has 1 saturated heterocycles. The number of ether oxygens (including phenoxy) is 1. The molecule has 0 atom stereocenters. The Kier molecular flexibility index (Phi) is 5.87. The van der Waals surface area contributed by atoms with Crippen molar-refractivity contribution in [3.8, 4) is 0 Å². The van der Waals surface area contributed by atoms with E-state index in [0.29, 0.717) is 41.5 Å². The molecule has 148 valence electrons. The van der Waals surface area contributed by atoms with Gasteiger partial charge in [0.2, 0.25) is 0 Å². The van der Waals surface area contributed by atoms with Gasteiger partial charge in [0, 0.05) is 32.4 Å². The van der Waals surface area contributed by atoms with E-state index >= 15 is 0 Å². The van der Waals surface area contributed by atoms with E-state index in [1.807, 2.05) is 0 Å². The molecule has 10 heteroatoms. The van der Waals surface area contributed by atoms with Gasteiger partial charge in [0.25, 0.3) is 0 Å². The van der Waals surface area contributed by atoms with Gasteiger partial charge >= 0.3 is 6.09 Å². The van der Waals surface area contributed by atoms with Crippen molar-refractivity contribution in [3.63, 3.8) is 0 Å². The van der Waals surface area contributed by atoms with Crippen molar-refractivity contribution in [2.75, 3.05) is 36.5 Å². The van der Waals surface area contributed by atoms with Crippen LogP contribution in [0.25, 0.3) is 5.65 Å². The minimum Gasteiger partial charge on any atom is -0.465 e. The zero-order valence-corrected chi connectivity index (χ0v) is 16.9. The molecule has 0 unspecified atom stereocenters. The predicted molar refractivity (Wildman–Crippen MR) is 104 cm³/mol. The quantitative estimate of drug-likeness (QED) is 0.631. The number of fused-ring (bicyclic) bond motifs is 1. The van der Waals surface area contributed by atoms with Gasteiger partial charge in [-0.1, -0.05) is 0 Å². The lowest BCUT2D eigenvalue weighted by Gasteiger charge is -2.28. The number of halogens is 1. The number of rotatable bonds is 6. The van der Waals surface area contributed by atoms with Crippen LogP contribution in [-0.4, -0.2) is 62.8 Å². The predicted octanol–water partition coefficient (Wildman–Crippen LogP) is 2.59. The van der Waals surface area contributed by atoms with E-state index in [1.54, 1.807) is 26.1 Å². The molecule has 0 saturated carbocycles. The van der Waals surface area contributed by atoms with E-state index in [0.717, 1.165) is 12.8 Å². The van der Waals surface area contributed by atoms with E-state index in [1.165, 1.54) is 9.42 Å². The third kappa shape index (κ3) is 4.88. The van der Waals surface area contributed by atoms with Gasteiger partial charge in [-0.05, 0) is 48.5 Å². The molecule has 27 heavy (non-hydrogen) atoms. The Bertz CT molecular complexity index is 813. The Labute approximate surface area is 165 Å². The number of nitrogens with one attached hydrogen (secondary N) is 1. The van der Waals surface area contributed by atoms with Gasteiger partial charge in [-0.25, -0.2) is 9.78 Å². The van der Waals surface area contributed by atoms with Crippen LogP contribution in [0.1, 0.15) is 26.7 Å². The summed E-state index contributed by atoms with van der Waals surface area (Å²) in [5.74, 6) is 1.10. The van der Waals surface area contributed by atoms with Crippen molar-refractivity contribution in [2.45, 2.75) is 32.3 Å². The number of carbonyl (C=O) groups is 1. The topological polar surface area (TPSA) is 112 Å². The Hall–Kier alpha value is -1.91. The number of carboxylic acid groups (broad SMARTS) is 1. The smallest absolute Gasteiger partial charge is 0.413 e. The summed E-state index contributed by atoms with van der Waals surface area (Å²) in [4.78, 5) is 17.8. The summed E-state index contributed by atoms with van der Waals surface area (Å²) < 4.78 is 7.54. The maximum absolute atomic E-state index is 12.0. The molecule has 2 aromatic rings. The van der Waals surface area contributed by atoms with Crippen molar-refractivity contribution in [2.24, 2.45) is 5.92 Å². The Morgan fingerprint density at radius 1 is 1.48 bits per heavy atom. The maximum Gasteiger partial charge on any atom is 0.413 e. The molecule has 0 bridgehead atoms. The van der Waals surface area contributed by atoms with Crippen molar-refractivity contribution < 1.29 is 19.7 Å². The van der Waals surface area contributed by atoms with Gasteiger partial charge in [0.15, 0.2) is 5.65 Å². The molecule has 2 aromatic heterocycles. The standard InChI is InChI=1S/C17H24BrN5O4/c1-17(2,26)10-19-13-7-14(23-15(21-13)12(18)8-20-23)22(16(24)25)9-11-3-5-27-6-4-11/h7-8,11,26H,3-6,9-10H2,1-2H3,(H,19,21)(H,24,25). The highest BCUT2D eigenvalue weighted by Crippen LogP contribution is 2.27. The molecule has 1 amide bonds. The summed E-state index contributed by atoms with van der Waals surface area (Å²) in [6.45, 7) is 5.30. The van der Waals surface area contributed by atoms with E-state index in [-0.39, 0.29) is 12.5 Å².